The number of rotatable bonds is 3. The largest absolute Gasteiger partial charge is 0.293 e. The van der Waals surface area contributed by atoms with Gasteiger partial charge in [0.15, 0.2) is 11.5 Å². The standard InChI is InChI=1S/C15H14N4OS/c1-9-11(3)21-15(16-9)19-14(12-7-5-4-6-8-12)13(10(2)20)17-18-19/h4-8H,1-3H3. The van der Waals surface area contributed by atoms with Crippen molar-refractivity contribution in [3.8, 4) is 16.4 Å². The van der Waals surface area contributed by atoms with Crippen LogP contribution in [0.3, 0.4) is 0 Å². The number of ketones is 1. The highest BCUT2D eigenvalue weighted by atomic mass is 32.1. The molecule has 0 bridgehead atoms. The summed E-state index contributed by atoms with van der Waals surface area (Å²) in [4.78, 5) is 17.5. The summed E-state index contributed by atoms with van der Waals surface area (Å²) >= 11 is 1.54. The van der Waals surface area contributed by atoms with Crippen LogP contribution in [-0.4, -0.2) is 25.8 Å². The number of benzene rings is 1. The van der Waals surface area contributed by atoms with Crippen molar-refractivity contribution in [2.75, 3.05) is 0 Å². The van der Waals surface area contributed by atoms with Gasteiger partial charge in [-0.25, -0.2) is 4.98 Å². The summed E-state index contributed by atoms with van der Waals surface area (Å²) in [5.74, 6) is -0.106. The molecule has 106 valence electrons. The van der Waals surface area contributed by atoms with E-state index in [4.69, 9.17) is 0 Å². The second-order valence-corrected chi connectivity index (χ2v) is 5.94. The van der Waals surface area contributed by atoms with Crippen molar-refractivity contribution in [2.24, 2.45) is 0 Å². The van der Waals surface area contributed by atoms with E-state index in [1.807, 2.05) is 44.2 Å². The maximum absolute atomic E-state index is 11.8. The van der Waals surface area contributed by atoms with E-state index in [9.17, 15) is 4.79 Å². The van der Waals surface area contributed by atoms with Crippen molar-refractivity contribution in [2.45, 2.75) is 20.8 Å². The topological polar surface area (TPSA) is 60.7 Å². The fraction of sp³-hybridized carbons (Fsp3) is 0.200. The first kappa shape index (κ1) is 13.6. The van der Waals surface area contributed by atoms with Crippen molar-refractivity contribution in [1.29, 1.82) is 0 Å². The third-order valence-electron chi connectivity index (χ3n) is 3.25. The smallest absolute Gasteiger partial charge is 0.212 e. The van der Waals surface area contributed by atoms with Crippen molar-refractivity contribution >= 4 is 17.1 Å². The molecule has 2 aromatic heterocycles. The summed E-state index contributed by atoms with van der Waals surface area (Å²) in [6.45, 7) is 5.47. The van der Waals surface area contributed by atoms with Crippen LogP contribution in [0.25, 0.3) is 16.4 Å². The van der Waals surface area contributed by atoms with Gasteiger partial charge in [-0.15, -0.1) is 5.10 Å². The predicted octanol–water partition coefficient (Wildman–Crippen LogP) is 3.21. The molecule has 5 nitrogen and oxygen atoms in total. The SMILES string of the molecule is CC(=O)c1nnn(-c2nc(C)c(C)s2)c1-c1ccccc1. The van der Waals surface area contributed by atoms with Gasteiger partial charge in [0.25, 0.3) is 0 Å². The Labute approximate surface area is 126 Å². The monoisotopic (exact) mass is 298 g/mol. The summed E-state index contributed by atoms with van der Waals surface area (Å²) in [6.07, 6.45) is 0. The lowest BCUT2D eigenvalue weighted by Gasteiger charge is -2.04. The van der Waals surface area contributed by atoms with E-state index in [0.717, 1.165) is 21.3 Å². The Hall–Kier alpha value is -2.34. The third-order valence-corrected chi connectivity index (χ3v) is 4.30. The second-order valence-electron chi connectivity index (χ2n) is 4.76. The van der Waals surface area contributed by atoms with E-state index >= 15 is 0 Å². The Morgan fingerprint density at radius 1 is 1.19 bits per heavy atom. The molecule has 0 radical (unpaired) electrons. The molecule has 0 aliphatic rings. The van der Waals surface area contributed by atoms with E-state index < -0.39 is 0 Å². The maximum Gasteiger partial charge on any atom is 0.212 e. The van der Waals surface area contributed by atoms with Gasteiger partial charge in [0.05, 0.1) is 5.69 Å². The number of carbonyl (C=O) groups is 1. The molecule has 0 atom stereocenters. The summed E-state index contributed by atoms with van der Waals surface area (Å²) in [7, 11) is 0. The van der Waals surface area contributed by atoms with Crippen molar-refractivity contribution < 1.29 is 4.79 Å². The molecule has 0 saturated carbocycles. The van der Waals surface area contributed by atoms with Crippen LogP contribution in [-0.2, 0) is 0 Å². The summed E-state index contributed by atoms with van der Waals surface area (Å²) in [5, 5.41) is 8.90. The van der Waals surface area contributed by atoms with Gasteiger partial charge in [-0.1, -0.05) is 46.9 Å². The molecule has 2 heterocycles. The van der Waals surface area contributed by atoms with E-state index in [0.29, 0.717) is 11.4 Å². The number of carbonyl (C=O) groups excluding carboxylic acids is 1. The Bertz CT molecular complexity index is 785. The fourth-order valence-corrected chi connectivity index (χ4v) is 2.92. The molecule has 3 aromatic rings. The first-order chi connectivity index (χ1) is 10.1. The lowest BCUT2D eigenvalue weighted by Crippen LogP contribution is -2.01. The van der Waals surface area contributed by atoms with Crippen molar-refractivity contribution in [1.82, 2.24) is 20.0 Å². The molecular weight excluding hydrogens is 284 g/mol. The van der Waals surface area contributed by atoms with Gasteiger partial charge >= 0.3 is 0 Å². The molecule has 0 unspecified atom stereocenters. The van der Waals surface area contributed by atoms with E-state index in [1.54, 1.807) is 4.68 Å². The molecule has 0 aliphatic heterocycles. The Kier molecular flexibility index (Phi) is 3.39. The Morgan fingerprint density at radius 3 is 2.48 bits per heavy atom. The molecule has 0 saturated heterocycles. The molecular formula is C15H14N4OS. The average Bonchev–Trinajstić information content (AvgIpc) is 3.04. The van der Waals surface area contributed by atoms with Gasteiger partial charge in [0.1, 0.15) is 5.69 Å². The van der Waals surface area contributed by atoms with E-state index in [2.05, 4.69) is 15.3 Å². The second kappa shape index (κ2) is 5.21. The summed E-state index contributed by atoms with van der Waals surface area (Å²) < 4.78 is 1.65. The Morgan fingerprint density at radius 2 is 1.90 bits per heavy atom. The molecule has 0 aliphatic carbocycles. The zero-order valence-electron chi connectivity index (χ0n) is 12.0. The van der Waals surface area contributed by atoms with Gasteiger partial charge in [0.2, 0.25) is 5.13 Å². The number of thiazole rings is 1. The van der Waals surface area contributed by atoms with Crippen LogP contribution in [0.2, 0.25) is 0 Å². The van der Waals surface area contributed by atoms with Crippen LogP contribution >= 0.6 is 11.3 Å². The van der Waals surface area contributed by atoms with Crippen molar-refractivity contribution in [3.63, 3.8) is 0 Å². The van der Waals surface area contributed by atoms with Gasteiger partial charge in [-0.2, -0.15) is 4.68 Å². The fourth-order valence-electron chi connectivity index (χ4n) is 2.05. The van der Waals surface area contributed by atoms with Crippen LogP contribution in [0.1, 0.15) is 28.0 Å². The molecule has 0 N–H and O–H groups in total. The average molecular weight is 298 g/mol. The van der Waals surface area contributed by atoms with Crippen LogP contribution in [0.5, 0.6) is 0 Å². The normalized spacial score (nSPS) is 10.8. The van der Waals surface area contributed by atoms with Gasteiger partial charge in [0, 0.05) is 17.4 Å². The number of hydrogen-bond acceptors (Lipinski definition) is 5. The number of hydrogen-bond donors (Lipinski definition) is 0. The minimum Gasteiger partial charge on any atom is -0.293 e. The van der Waals surface area contributed by atoms with Crippen LogP contribution in [0.4, 0.5) is 0 Å². The first-order valence-corrected chi connectivity index (χ1v) is 7.36. The minimum atomic E-state index is -0.106. The van der Waals surface area contributed by atoms with Crippen LogP contribution in [0.15, 0.2) is 30.3 Å². The number of aromatic nitrogens is 4. The Balaban J connectivity index is 2.25. The molecule has 3 rings (SSSR count). The van der Waals surface area contributed by atoms with E-state index in [1.165, 1.54) is 18.3 Å². The molecule has 0 fully saturated rings. The van der Waals surface area contributed by atoms with E-state index in [-0.39, 0.29) is 5.78 Å². The highest BCUT2D eigenvalue weighted by Gasteiger charge is 2.21. The minimum absolute atomic E-state index is 0.106. The molecule has 6 heteroatoms. The highest BCUT2D eigenvalue weighted by molar-refractivity contribution is 7.14. The molecule has 21 heavy (non-hydrogen) atoms. The highest BCUT2D eigenvalue weighted by Crippen LogP contribution is 2.28. The van der Waals surface area contributed by atoms with Crippen LogP contribution in [0, 0.1) is 13.8 Å². The lowest BCUT2D eigenvalue weighted by molar-refractivity contribution is 0.101. The third kappa shape index (κ3) is 2.38. The quantitative estimate of drug-likeness (QED) is 0.697. The van der Waals surface area contributed by atoms with Gasteiger partial charge in [-0.3, -0.25) is 4.79 Å². The van der Waals surface area contributed by atoms with Gasteiger partial charge < -0.3 is 0 Å². The zero-order chi connectivity index (χ0) is 15.0. The first-order valence-electron chi connectivity index (χ1n) is 6.54. The van der Waals surface area contributed by atoms with Crippen molar-refractivity contribution in [3.05, 3.63) is 46.6 Å². The predicted molar refractivity (Wildman–Crippen MR) is 81.9 cm³/mol. The summed E-state index contributed by atoms with van der Waals surface area (Å²) in [5.41, 5.74) is 2.93. The number of aryl methyl sites for hydroxylation is 2. The molecule has 0 amide bonds. The van der Waals surface area contributed by atoms with Crippen LogP contribution < -0.4 is 0 Å². The molecule has 0 spiro atoms. The number of nitrogens with zero attached hydrogens (tertiary/aromatic N) is 4. The molecule has 1 aromatic carbocycles. The zero-order valence-corrected chi connectivity index (χ0v) is 12.8. The van der Waals surface area contributed by atoms with Gasteiger partial charge in [-0.05, 0) is 13.8 Å². The lowest BCUT2D eigenvalue weighted by atomic mass is 10.1. The maximum atomic E-state index is 11.8. The summed E-state index contributed by atoms with van der Waals surface area (Å²) in [6, 6.07) is 9.66. The number of Topliss-reactive ketones (excluding diaryl/α,β-unsaturated/α-hetero) is 1.